The largest absolute Gasteiger partial charge is 0.366 e. The fourth-order valence-corrected chi connectivity index (χ4v) is 1.32. The number of carbonyl (C=O) groups excluding carboxylic acids is 1. The third-order valence-electron chi connectivity index (χ3n) is 2.21. The van der Waals surface area contributed by atoms with Crippen molar-refractivity contribution in [3.63, 3.8) is 0 Å². The van der Waals surface area contributed by atoms with Crippen LogP contribution < -0.4 is 11.1 Å². The van der Waals surface area contributed by atoms with Gasteiger partial charge in [0, 0.05) is 11.3 Å². The van der Waals surface area contributed by atoms with E-state index in [9.17, 15) is 4.79 Å². The van der Waals surface area contributed by atoms with Crippen LogP contribution in [0.3, 0.4) is 0 Å². The van der Waals surface area contributed by atoms with Gasteiger partial charge in [-0.15, -0.1) is 0 Å². The van der Waals surface area contributed by atoms with Gasteiger partial charge in [-0.2, -0.15) is 5.26 Å². The lowest BCUT2D eigenvalue weighted by atomic mass is 10.2. The molecule has 0 aliphatic carbocycles. The van der Waals surface area contributed by atoms with Gasteiger partial charge in [0.1, 0.15) is 11.9 Å². The SMILES string of the molecule is N#Cc1cnc(Nc2ccc(C(N)=O)cc2)cn1. The topological polar surface area (TPSA) is 105 Å². The maximum Gasteiger partial charge on any atom is 0.248 e. The van der Waals surface area contributed by atoms with Crippen molar-refractivity contribution in [2.75, 3.05) is 5.32 Å². The second-order valence-corrected chi connectivity index (χ2v) is 3.47. The van der Waals surface area contributed by atoms with Crippen molar-refractivity contribution in [2.24, 2.45) is 5.73 Å². The molecule has 0 bridgehead atoms. The highest BCUT2D eigenvalue weighted by Gasteiger charge is 2.01. The number of hydrogen-bond donors (Lipinski definition) is 2. The lowest BCUT2D eigenvalue weighted by Crippen LogP contribution is -2.10. The van der Waals surface area contributed by atoms with Gasteiger partial charge >= 0.3 is 0 Å². The molecule has 6 nitrogen and oxygen atoms in total. The maximum absolute atomic E-state index is 10.9. The Balaban J connectivity index is 2.13. The Hall–Kier alpha value is -2.94. The molecule has 1 amide bonds. The highest BCUT2D eigenvalue weighted by molar-refractivity contribution is 5.93. The van der Waals surface area contributed by atoms with Crippen LogP contribution in [0.25, 0.3) is 0 Å². The van der Waals surface area contributed by atoms with Gasteiger partial charge in [-0.05, 0) is 24.3 Å². The van der Waals surface area contributed by atoms with Crippen LogP contribution in [0.15, 0.2) is 36.7 Å². The summed E-state index contributed by atoms with van der Waals surface area (Å²) in [5, 5.41) is 11.6. The van der Waals surface area contributed by atoms with E-state index in [1.807, 2.05) is 6.07 Å². The molecule has 0 saturated heterocycles. The van der Waals surface area contributed by atoms with Gasteiger partial charge in [-0.25, -0.2) is 9.97 Å². The number of nitrogens with two attached hydrogens (primary N) is 1. The van der Waals surface area contributed by atoms with E-state index in [1.54, 1.807) is 24.3 Å². The maximum atomic E-state index is 10.9. The molecule has 0 aliphatic heterocycles. The first kappa shape index (κ1) is 11.5. The Kier molecular flexibility index (Phi) is 3.16. The molecule has 1 aromatic heterocycles. The predicted octanol–water partition coefficient (Wildman–Crippen LogP) is 1.19. The van der Waals surface area contributed by atoms with E-state index < -0.39 is 5.91 Å². The normalized spacial score (nSPS) is 9.50. The molecule has 1 heterocycles. The third kappa shape index (κ3) is 2.59. The van der Waals surface area contributed by atoms with E-state index in [2.05, 4.69) is 15.3 Å². The summed E-state index contributed by atoms with van der Waals surface area (Å²) in [6.07, 6.45) is 2.83. The molecular formula is C12H9N5O. The number of anilines is 2. The molecule has 6 heteroatoms. The van der Waals surface area contributed by atoms with Crippen molar-refractivity contribution < 1.29 is 4.79 Å². The van der Waals surface area contributed by atoms with E-state index in [4.69, 9.17) is 11.0 Å². The van der Waals surface area contributed by atoms with Crippen molar-refractivity contribution in [1.29, 1.82) is 5.26 Å². The van der Waals surface area contributed by atoms with Crippen LogP contribution in [0.2, 0.25) is 0 Å². The average Bonchev–Trinajstić information content (AvgIpc) is 2.40. The molecule has 2 rings (SSSR count). The van der Waals surface area contributed by atoms with Gasteiger partial charge in [0.25, 0.3) is 0 Å². The average molecular weight is 239 g/mol. The summed E-state index contributed by atoms with van der Waals surface area (Å²) in [5.41, 5.74) is 6.58. The minimum absolute atomic E-state index is 0.254. The van der Waals surface area contributed by atoms with Crippen LogP contribution in [-0.2, 0) is 0 Å². The van der Waals surface area contributed by atoms with Gasteiger partial charge in [0.2, 0.25) is 5.91 Å². The highest BCUT2D eigenvalue weighted by atomic mass is 16.1. The van der Waals surface area contributed by atoms with E-state index in [-0.39, 0.29) is 5.69 Å². The van der Waals surface area contributed by atoms with Crippen LogP contribution in [0.5, 0.6) is 0 Å². The summed E-state index contributed by atoms with van der Waals surface area (Å²) in [6, 6.07) is 8.53. The van der Waals surface area contributed by atoms with E-state index >= 15 is 0 Å². The Morgan fingerprint density at radius 3 is 2.44 bits per heavy atom. The van der Waals surface area contributed by atoms with Crippen LogP contribution in [0.4, 0.5) is 11.5 Å². The molecule has 1 aromatic carbocycles. The van der Waals surface area contributed by atoms with E-state index in [0.717, 1.165) is 5.69 Å². The number of nitrogens with zero attached hydrogens (tertiary/aromatic N) is 3. The molecule has 0 fully saturated rings. The summed E-state index contributed by atoms with van der Waals surface area (Å²) in [6.45, 7) is 0. The molecule has 18 heavy (non-hydrogen) atoms. The third-order valence-corrected chi connectivity index (χ3v) is 2.21. The van der Waals surface area contributed by atoms with Gasteiger partial charge in [0.05, 0.1) is 12.4 Å². The number of benzene rings is 1. The number of rotatable bonds is 3. The summed E-state index contributed by atoms with van der Waals surface area (Å²) in [5.74, 6) is 0.0422. The molecule has 0 unspecified atom stereocenters. The molecule has 0 radical (unpaired) electrons. The van der Waals surface area contributed by atoms with E-state index in [1.165, 1.54) is 12.4 Å². The van der Waals surface area contributed by atoms with Crippen LogP contribution in [-0.4, -0.2) is 15.9 Å². The predicted molar refractivity (Wildman–Crippen MR) is 65.0 cm³/mol. The molecule has 3 N–H and O–H groups in total. The smallest absolute Gasteiger partial charge is 0.248 e. The van der Waals surface area contributed by atoms with Crippen molar-refractivity contribution in [2.45, 2.75) is 0 Å². The Morgan fingerprint density at radius 2 is 1.94 bits per heavy atom. The zero-order chi connectivity index (χ0) is 13.0. The summed E-state index contributed by atoms with van der Waals surface area (Å²) in [7, 11) is 0. The van der Waals surface area contributed by atoms with Crippen molar-refractivity contribution >= 4 is 17.4 Å². The molecule has 88 valence electrons. The fraction of sp³-hybridized carbons (Fsp3) is 0. The standard InChI is InChI=1S/C12H9N5O/c13-5-10-6-16-11(7-15-10)17-9-3-1-8(2-4-9)12(14)18/h1-4,6-7H,(H2,14,18)(H,16,17). The van der Waals surface area contributed by atoms with Crippen molar-refractivity contribution in [3.05, 3.63) is 47.9 Å². The second-order valence-electron chi connectivity index (χ2n) is 3.47. The van der Waals surface area contributed by atoms with Crippen molar-refractivity contribution in [3.8, 4) is 6.07 Å². The first-order valence-corrected chi connectivity index (χ1v) is 5.08. The molecule has 2 aromatic rings. The highest BCUT2D eigenvalue weighted by Crippen LogP contribution is 2.14. The Labute approximate surface area is 103 Å². The Bertz CT molecular complexity index is 598. The summed E-state index contributed by atoms with van der Waals surface area (Å²) < 4.78 is 0. The first-order chi connectivity index (χ1) is 8.69. The monoisotopic (exact) mass is 239 g/mol. The molecule has 0 saturated carbocycles. The lowest BCUT2D eigenvalue weighted by molar-refractivity contribution is 0.100. The van der Waals surface area contributed by atoms with Crippen LogP contribution >= 0.6 is 0 Å². The fourth-order valence-electron chi connectivity index (χ4n) is 1.32. The minimum atomic E-state index is -0.472. The second kappa shape index (κ2) is 4.93. The zero-order valence-corrected chi connectivity index (χ0v) is 9.29. The number of carbonyl (C=O) groups is 1. The lowest BCUT2D eigenvalue weighted by Gasteiger charge is -2.05. The van der Waals surface area contributed by atoms with Gasteiger partial charge in [0.15, 0.2) is 5.69 Å². The Morgan fingerprint density at radius 1 is 1.22 bits per heavy atom. The zero-order valence-electron chi connectivity index (χ0n) is 9.29. The number of aromatic nitrogens is 2. The summed E-state index contributed by atoms with van der Waals surface area (Å²) in [4.78, 5) is 18.8. The van der Waals surface area contributed by atoms with Gasteiger partial charge in [-0.1, -0.05) is 0 Å². The van der Waals surface area contributed by atoms with Gasteiger partial charge < -0.3 is 11.1 Å². The van der Waals surface area contributed by atoms with E-state index in [0.29, 0.717) is 11.4 Å². The molecular weight excluding hydrogens is 230 g/mol. The first-order valence-electron chi connectivity index (χ1n) is 5.08. The minimum Gasteiger partial charge on any atom is -0.366 e. The molecule has 0 atom stereocenters. The number of nitriles is 1. The number of nitrogens with one attached hydrogen (secondary N) is 1. The number of hydrogen-bond acceptors (Lipinski definition) is 5. The molecule has 0 aliphatic rings. The molecule has 0 spiro atoms. The van der Waals surface area contributed by atoms with Crippen molar-refractivity contribution in [1.82, 2.24) is 9.97 Å². The van der Waals surface area contributed by atoms with Crippen LogP contribution in [0, 0.1) is 11.3 Å². The summed E-state index contributed by atoms with van der Waals surface area (Å²) >= 11 is 0. The van der Waals surface area contributed by atoms with Gasteiger partial charge in [-0.3, -0.25) is 4.79 Å². The van der Waals surface area contributed by atoms with Crippen LogP contribution in [0.1, 0.15) is 16.1 Å². The number of primary amides is 1. The number of amides is 1. The quantitative estimate of drug-likeness (QED) is 0.837.